The number of nitrogens with zero attached hydrogens (tertiary/aromatic N) is 4. The van der Waals surface area contributed by atoms with E-state index in [1.54, 1.807) is 17.8 Å². The quantitative estimate of drug-likeness (QED) is 0.330. The average molecular weight is 499 g/mol. The molecule has 5 rings (SSSR count). The minimum absolute atomic E-state index is 0.444. The van der Waals surface area contributed by atoms with Gasteiger partial charge in [0.1, 0.15) is 35.8 Å². The summed E-state index contributed by atoms with van der Waals surface area (Å²) in [6, 6.07) is 9.82. The van der Waals surface area contributed by atoms with Crippen molar-refractivity contribution in [2.45, 2.75) is 37.4 Å². The fourth-order valence-electron chi connectivity index (χ4n) is 4.24. The van der Waals surface area contributed by atoms with Gasteiger partial charge in [0.2, 0.25) is 0 Å². The minimum atomic E-state index is -1.07. The number of aliphatic hydroxyl groups excluding tert-OH is 2. The Kier molecular flexibility index (Phi) is 5.46. The van der Waals surface area contributed by atoms with Crippen LogP contribution in [0, 0.1) is 0 Å². The first-order valence-corrected chi connectivity index (χ1v) is 11.1. The van der Waals surface area contributed by atoms with Crippen LogP contribution in [0.3, 0.4) is 0 Å². The summed E-state index contributed by atoms with van der Waals surface area (Å²) in [4.78, 5) is 13.0. The minimum Gasteiger partial charge on any atom is -0.388 e. The maximum absolute atomic E-state index is 10.7. The SMILES string of the molecule is CNc1ncnc2c1ccn2[C@@H]1OC(CCc2ccc3cc(Br)c(N)nc3c2)[C@@H](O)[C@H]1O. The van der Waals surface area contributed by atoms with Crippen molar-refractivity contribution in [3.63, 3.8) is 0 Å². The van der Waals surface area contributed by atoms with Gasteiger partial charge in [-0.2, -0.15) is 0 Å². The molecule has 1 unspecified atom stereocenters. The third-order valence-corrected chi connectivity index (χ3v) is 6.57. The molecule has 10 heteroatoms. The summed E-state index contributed by atoms with van der Waals surface area (Å²) in [6.07, 6.45) is 1.13. The van der Waals surface area contributed by atoms with Crippen LogP contribution in [0.5, 0.6) is 0 Å². The van der Waals surface area contributed by atoms with Gasteiger partial charge in [-0.15, -0.1) is 0 Å². The Morgan fingerprint density at radius 3 is 2.84 bits per heavy atom. The van der Waals surface area contributed by atoms with Gasteiger partial charge in [0.05, 0.1) is 21.5 Å². The highest BCUT2D eigenvalue weighted by Gasteiger charge is 2.43. The van der Waals surface area contributed by atoms with Crippen LogP contribution in [0.4, 0.5) is 11.6 Å². The second kappa shape index (κ2) is 8.28. The third-order valence-electron chi connectivity index (χ3n) is 5.94. The Labute approximate surface area is 192 Å². The van der Waals surface area contributed by atoms with Gasteiger partial charge in [0, 0.05) is 18.6 Å². The van der Waals surface area contributed by atoms with Crippen molar-refractivity contribution in [1.82, 2.24) is 19.5 Å². The first kappa shape index (κ1) is 21.1. The maximum atomic E-state index is 10.7. The zero-order valence-corrected chi connectivity index (χ0v) is 18.9. The summed E-state index contributed by atoms with van der Waals surface area (Å²) >= 11 is 3.40. The second-order valence-corrected chi connectivity index (χ2v) is 8.75. The molecule has 1 aliphatic heterocycles. The van der Waals surface area contributed by atoms with Crippen LogP contribution in [0.15, 0.2) is 47.3 Å². The van der Waals surface area contributed by atoms with Crippen LogP contribution in [-0.4, -0.2) is 55.1 Å². The number of hydrogen-bond acceptors (Lipinski definition) is 8. The highest BCUT2D eigenvalue weighted by atomic mass is 79.9. The lowest BCUT2D eigenvalue weighted by Crippen LogP contribution is -2.31. The third kappa shape index (κ3) is 3.58. The monoisotopic (exact) mass is 498 g/mol. The summed E-state index contributed by atoms with van der Waals surface area (Å²) in [7, 11) is 1.79. The summed E-state index contributed by atoms with van der Waals surface area (Å²) in [5.41, 5.74) is 8.41. The molecule has 0 radical (unpaired) electrons. The fraction of sp³-hybridized carbons (Fsp3) is 0.318. The molecule has 0 saturated carbocycles. The number of nitrogens with two attached hydrogens (primary N) is 1. The molecule has 0 amide bonds. The molecule has 1 aromatic carbocycles. The predicted octanol–water partition coefficient (Wildman–Crippen LogP) is 2.62. The molecular weight excluding hydrogens is 476 g/mol. The zero-order valence-electron chi connectivity index (χ0n) is 17.3. The number of hydrogen-bond donors (Lipinski definition) is 4. The van der Waals surface area contributed by atoms with Gasteiger partial charge < -0.3 is 30.6 Å². The van der Waals surface area contributed by atoms with E-state index in [1.165, 1.54) is 6.33 Å². The zero-order chi connectivity index (χ0) is 22.4. The number of ether oxygens (including phenoxy) is 1. The molecule has 166 valence electrons. The van der Waals surface area contributed by atoms with E-state index in [-0.39, 0.29) is 0 Å². The van der Waals surface area contributed by atoms with Crippen molar-refractivity contribution in [2.75, 3.05) is 18.1 Å². The van der Waals surface area contributed by atoms with E-state index in [2.05, 4.69) is 36.2 Å². The molecule has 0 spiro atoms. The number of rotatable bonds is 5. The van der Waals surface area contributed by atoms with Crippen molar-refractivity contribution in [1.29, 1.82) is 0 Å². The highest BCUT2D eigenvalue weighted by molar-refractivity contribution is 9.10. The molecule has 5 N–H and O–H groups in total. The molecule has 1 aliphatic rings. The second-order valence-electron chi connectivity index (χ2n) is 7.90. The number of aliphatic hydroxyl groups is 2. The lowest BCUT2D eigenvalue weighted by atomic mass is 10.0. The van der Waals surface area contributed by atoms with Crippen molar-refractivity contribution in [2.24, 2.45) is 0 Å². The number of benzene rings is 1. The van der Waals surface area contributed by atoms with Crippen molar-refractivity contribution < 1.29 is 14.9 Å². The van der Waals surface area contributed by atoms with Crippen molar-refractivity contribution >= 4 is 49.5 Å². The summed E-state index contributed by atoms with van der Waals surface area (Å²) in [5, 5.41) is 26.2. The van der Waals surface area contributed by atoms with Crippen molar-refractivity contribution in [3.8, 4) is 0 Å². The normalized spacial score (nSPS) is 23.2. The molecule has 0 bridgehead atoms. The van der Waals surface area contributed by atoms with Gasteiger partial charge >= 0.3 is 0 Å². The highest BCUT2D eigenvalue weighted by Crippen LogP contribution is 2.35. The molecule has 1 fully saturated rings. The number of nitrogens with one attached hydrogen (secondary N) is 1. The first-order valence-electron chi connectivity index (χ1n) is 10.3. The number of halogens is 1. The summed E-state index contributed by atoms with van der Waals surface area (Å²) < 4.78 is 8.61. The number of fused-ring (bicyclic) bond motifs is 2. The number of aromatic nitrogens is 4. The Hall–Kier alpha value is -2.79. The number of anilines is 2. The van der Waals surface area contributed by atoms with E-state index < -0.39 is 24.5 Å². The van der Waals surface area contributed by atoms with Crippen LogP contribution in [0.1, 0.15) is 18.2 Å². The van der Waals surface area contributed by atoms with E-state index in [9.17, 15) is 10.2 Å². The van der Waals surface area contributed by atoms with E-state index >= 15 is 0 Å². The van der Waals surface area contributed by atoms with Gasteiger partial charge in [0.15, 0.2) is 6.23 Å². The van der Waals surface area contributed by atoms with Crippen LogP contribution in [-0.2, 0) is 11.2 Å². The lowest BCUT2D eigenvalue weighted by molar-refractivity contribution is -0.0364. The molecule has 4 atom stereocenters. The molecule has 32 heavy (non-hydrogen) atoms. The largest absolute Gasteiger partial charge is 0.388 e. The molecular formula is C22H23BrN6O3. The fourth-order valence-corrected chi connectivity index (χ4v) is 4.57. The Morgan fingerprint density at radius 2 is 2.03 bits per heavy atom. The van der Waals surface area contributed by atoms with Gasteiger partial charge in [-0.1, -0.05) is 12.1 Å². The molecule has 4 heterocycles. The lowest BCUT2D eigenvalue weighted by Gasteiger charge is -2.17. The number of aryl methyl sites for hydroxylation is 1. The smallest absolute Gasteiger partial charge is 0.164 e. The molecule has 0 aliphatic carbocycles. The Bertz CT molecular complexity index is 1300. The van der Waals surface area contributed by atoms with E-state index in [4.69, 9.17) is 10.5 Å². The van der Waals surface area contributed by atoms with E-state index in [0.717, 1.165) is 26.3 Å². The molecule has 1 saturated heterocycles. The predicted molar refractivity (Wildman–Crippen MR) is 125 cm³/mol. The average Bonchev–Trinajstić information content (AvgIpc) is 3.34. The molecule has 4 aromatic rings. The van der Waals surface area contributed by atoms with Gasteiger partial charge in [-0.3, -0.25) is 0 Å². The van der Waals surface area contributed by atoms with E-state index in [1.807, 2.05) is 30.3 Å². The number of nitrogen functional groups attached to an aromatic ring is 1. The Balaban J connectivity index is 1.34. The van der Waals surface area contributed by atoms with Crippen LogP contribution in [0.2, 0.25) is 0 Å². The molecule has 3 aromatic heterocycles. The van der Waals surface area contributed by atoms with Gasteiger partial charge in [-0.05, 0) is 52.5 Å². The Morgan fingerprint density at radius 1 is 1.19 bits per heavy atom. The number of pyridine rings is 1. The van der Waals surface area contributed by atoms with Crippen LogP contribution in [0.25, 0.3) is 21.9 Å². The van der Waals surface area contributed by atoms with E-state index in [0.29, 0.717) is 30.1 Å². The summed E-state index contributed by atoms with van der Waals surface area (Å²) in [6.45, 7) is 0. The molecule has 9 nitrogen and oxygen atoms in total. The van der Waals surface area contributed by atoms with Gasteiger partial charge in [0.25, 0.3) is 0 Å². The first-order chi connectivity index (χ1) is 15.5. The van der Waals surface area contributed by atoms with Crippen LogP contribution >= 0.6 is 15.9 Å². The van der Waals surface area contributed by atoms with Gasteiger partial charge in [-0.25, -0.2) is 15.0 Å². The van der Waals surface area contributed by atoms with Crippen LogP contribution < -0.4 is 11.1 Å². The summed E-state index contributed by atoms with van der Waals surface area (Å²) in [5.74, 6) is 1.13. The van der Waals surface area contributed by atoms with Crippen molar-refractivity contribution in [3.05, 3.63) is 52.9 Å². The standard InChI is InChI=1S/C22H23BrN6O3/c1-25-20-13-6-7-29(21(13)27-10-26-20)22-18(31)17(30)16(32-22)5-3-11-2-4-12-9-14(23)19(24)28-15(12)8-11/h2,4,6-10,16-18,22,30-31H,3,5H2,1H3,(H2,24,28)(H,25,26,27)/t16?,17-,18-,22-/m1/s1. The maximum Gasteiger partial charge on any atom is 0.164 e. The topological polar surface area (TPSA) is 131 Å².